The predicted molar refractivity (Wildman–Crippen MR) is 122 cm³/mol. The number of fused-ring (bicyclic) bond motifs is 4. The summed E-state index contributed by atoms with van der Waals surface area (Å²) in [6, 6.07) is 25.5. The molecule has 0 aromatic heterocycles. The maximum absolute atomic E-state index is 6.25. The highest BCUT2D eigenvalue weighted by atomic mass is 16.5. The molecule has 0 saturated heterocycles. The standard InChI is InChI=1S/C27H29NO2/c1-20(2)14-15-28-18-27(23-10-6-7-11-25(23)28)19-30-26-16-22(12-13-24(26)27)29-17-21-8-4-3-5-9-21/h3-13,16,20H,14-15,17-19H2,1-2H3. The van der Waals surface area contributed by atoms with E-state index < -0.39 is 0 Å². The zero-order valence-corrected chi connectivity index (χ0v) is 17.8. The van der Waals surface area contributed by atoms with Gasteiger partial charge in [-0.15, -0.1) is 0 Å². The van der Waals surface area contributed by atoms with Crippen molar-refractivity contribution in [1.82, 2.24) is 0 Å². The minimum atomic E-state index is -0.0825. The molecule has 0 N–H and O–H groups in total. The largest absolute Gasteiger partial charge is 0.492 e. The van der Waals surface area contributed by atoms with Crippen LogP contribution in [0.1, 0.15) is 37.0 Å². The highest BCUT2D eigenvalue weighted by Gasteiger charge is 2.49. The third-order valence-electron chi connectivity index (χ3n) is 6.39. The van der Waals surface area contributed by atoms with Crippen molar-refractivity contribution in [3.05, 3.63) is 89.5 Å². The summed E-state index contributed by atoms with van der Waals surface area (Å²) in [5, 5.41) is 0. The maximum Gasteiger partial charge on any atom is 0.127 e. The molecule has 1 atom stereocenters. The second-order valence-corrected chi connectivity index (χ2v) is 8.92. The van der Waals surface area contributed by atoms with Crippen LogP contribution in [0.25, 0.3) is 0 Å². The van der Waals surface area contributed by atoms with Gasteiger partial charge in [-0.3, -0.25) is 0 Å². The van der Waals surface area contributed by atoms with Crippen LogP contribution in [0.2, 0.25) is 0 Å². The summed E-state index contributed by atoms with van der Waals surface area (Å²) >= 11 is 0. The minimum absolute atomic E-state index is 0.0825. The Morgan fingerprint density at radius 1 is 0.967 bits per heavy atom. The first-order valence-corrected chi connectivity index (χ1v) is 10.9. The van der Waals surface area contributed by atoms with Crippen LogP contribution in [0.5, 0.6) is 11.5 Å². The van der Waals surface area contributed by atoms with Gasteiger partial charge in [-0.1, -0.05) is 68.4 Å². The van der Waals surface area contributed by atoms with Gasteiger partial charge in [-0.2, -0.15) is 0 Å². The van der Waals surface area contributed by atoms with E-state index in [-0.39, 0.29) is 5.41 Å². The highest BCUT2D eigenvalue weighted by molar-refractivity contribution is 5.69. The highest BCUT2D eigenvalue weighted by Crippen LogP contribution is 2.52. The van der Waals surface area contributed by atoms with Gasteiger partial charge in [0.15, 0.2) is 0 Å². The molecule has 3 heteroatoms. The summed E-state index contributed by atoms with van der Waals surface area (Å²) in [6.07, 6.45) is 1.20. The Hall–Kier alpha value is -2.94. The molecular formula is C27H29NO2. The van der Waals surface area contributed by atoms with Gasteiger partial charge in [0.25, 0.3) is 0 Å². The van der Waals surface area contributed by atoms with E-state index in [1.165, 1.54) is 28.8 Å². The van der Waals surface area contributed by atoms with Gasteiger partial charge >= 0.3 is 0 Å². The Morgan fingerprint density at radius 3 is 2.60 bits per heavy atom. The molecule has 0 radical (unpaired) electrons. The lowest BCUT2D eigenvalue weighted by molar-refractivity contribution is 0.291. The average molecular weight is 400 g/mol. The van der Waals surface area contributed by atoms with Crippen molar-refractivity contribution >= 4 is 5.69 Å². The quantitative estimate of drug-likeness (QED) is 0.522. The Labute approximate surface area is 179 Å². The second kappa shape index (κ2) is 7.71. The molecule has 5 rings (SSSR count). The molecular weight excluding hydrogens is 370 g/mol. The molecule has 2 heterocycles. The fraction of sp³-hybridized carbons (Fsp3) is 0.333. The number of benzene rings is 3. The molecule has 3 aromatic rings. The van der Waals surface area contributed by atoms with E-state index in [2.05, 4.69) is 73.3 Å². The lowest BCUT2D eigenvalue weighted by Gasteiger charge is -2.25. The van der Waals surface area contributed by atoms with Crippen molar-refractivity contribution in [3.63, 3.8) is 0 Å². The third-order valence-corrected chi connectivity index (χ3v) is 6.39. The van der Waals surface area contributed by atoms with Crippen molar-refractivity contribution in [2.45, 2.75) is 32.3 Å². The van der Waals surface area contributed by atoms with Crippen molar-refractivity contribution in [3.8, 4) is 11.5 Å². The summed E-state index contributed by atoms with van der Waals surface area (Å²) in [4.78, 5) is 2.55. The van der Waals surface area contributed by atoms with Crippen LogP contribution in [0.3, 0.4) is 0 Å². The van der Waals surface area contributed by atoms with Crippen LogP contribution >= 0.6 is 0 Å². The van der Waals surface area contributed by atoms with Gasteiger partial charge in [0.1, 0.15) is 24.7 Å². The molecule has 1 spiro atoms. The summed E-state index contributed by atoms with van der Waals surface area (Å²) in [5.74, 6) is 2.52. The smallest absolute Gasteiger partial charge is 0.127 e. The molecule has 0 amide bonds. The Kier molecular flexibility index (Phi) is 4.90. The number of ether oxygens (including phenoxy) is 2. The Morgan fingerprint density at radius 2 is 1.77 bits per heavy atom. The van der Waals surface area contributed by atoms with Gasteiger partial charge in [0.2, 0.25) is 0 Å². The molecule has 2 aliphatic rings. The monoisotopic (exact) mass is 399 g/mol. The fourth-order valence-electron chi connectivity index (χ4n) is 4.74. The van der Waals surface area contributed by atoms with Crippen LogP contribution in [0.4, 0.5) is 5.69 Å². The number of hydrogen-bond donors (Lipinski definition) is 0. The van der Waals surface area contributed by atoms with E-state index in [4.69, 9.17) is 9.47 Å². The van der Waals surface area contributed by atoms with E-state index in [1.807, 2.05) is 18.2 Å². The molecule has 1 unspecified atom stereocenters. The van der Waals surface area contributed by atoms with Gasteiger partial charge < -0.3 is 14.4 Å². The zero-order chi connectivity index (χ0) is 20.6. The van der Waals surface area contributed by atoms with Crippen LogP contribution in [-0.2, 0) is 12.0 Å². The van der Waals surface area contributed by atoms with E-state index in [1.54, 1.807) is 0 Å². The lowest BCUT2D eigenvalue weighted by atomic mass is 9.78. The molecule has 2 aliphatic heterocycles. The molecule has 0 bridgehead atoms. The first kappa shape index (κ1) is 19.0. The van der Waals surface area contributed by atoms with E-state index >= 15 is 0 Å². The Balaban J connectivity index is 1.41. The van der Waals surface area contributed by atoms with E-state index in [0.29, 0.717) is 19.1 Å². The number of nitrogens with zero attached hydrogens (tertiary/aromatic N) is 1. The van der Waals surface area contributed by atoms with Crippen LogP contribution < -0.4 is 14.4 Å². The SMILES string of the molecule is CC(C)CCN1CC2(COc3cc(OCc4ccccc4)ccc32)c2ccccc21. The van der Waals surface area contributed by atoms with Gasteiger partial charge in [0.05, 0.1) is 5.41 Å². The number of hydrogen-bond acceptors (Lipinski definition) is 3. The third kappa shape index (κ3) is 3.32. The molecule has 0 fully saturated rings. The number of para-hydroxylation sites is 1. The lowest BCUT2D eigenvalue weighted by Crippen LogP contribution is -2.36. The van der Waals surface area contributed by atoms with E-state index in [0.717, 1.165) is 24.6 Å². The summed E-state index contributed by atoms with van der Waals surface area (Å²) in [5.41, 5.74) is 5.13. The van der Waals surface area contributed by atoms with E-state index in [9.17, 15) is 0 Å². The first-order chi connectivity index (χ1) is 14.7. The summed E-state index contributed by atoms with van der Waals surface area (Å²) in [7, 11) is 0. The fourth-order valence-corrected chi connectivity index (χ4v) is 4.74. The molecule has 3 aromatic carbocycles. The number of anilines is 1. The topological polar surface area (TPSA) is 21.7 Å². The van der Waals surface area contributed by atoms with Gasteiger partial charge in [-0.05, 0) is 35.6 Å². The number of rotatable bonds is 6. The Bertz CT molecular complexity index is 1030. The average Bonchev–Trinajstić information content (AvgIpc) is 3.30. The minimum Gasteiger partial charge on any atom is -0.492 e. The zero-order valence-electron chi connectivity index (χ0n) is 17.8. The normalized spacial score (nSPS) is 19.1. The van der Waals surface area contributed by atoms with Crippen LogP contribution in [0, 0.1) is 5.92 Å². The van der Waals surface area contributed by atoms with Crippen molar-refractivity contribution in [2.24, 2.45) is 5.92 Å². The van der Waals surface area contributed by atoms with Crippen LogP contribution in [0.15, 0.2) is 72.8 Å². The summed E-state index contributed by atoms with van der Waals surface area (Å²) < 4.78 is 12.3. The van der Waals surface area contributed by atoms with Crippen molar-refractivity contribution in [1.29, 1.82) is 0 Å². The van der Waals surface area contributed by atoms with Gasteiger partial charge in [0, 0.05) is 30.4 Å². The maximum atomic E-state index is 6.25. The van der Waals surface area contributed by atoms with Crippen molar-refractivity contribution in [2.75, 3.05) is 24.6 Å². The van der Waals surface area contributed by atoms with Gasteiger partial charge in [-0.25, -0.2) is 0 Å². The molecule has 0 aliphatic carbocycles. The first-order valence-electron chi connectivity index (χ1n) is 10.9. The molecule has 30 heavy (non-hydrogen) atoms. The van der Waals surface area contributed by atoms with Crippen LogP contribution in [-0.4, -0.2) is 19.7 Å². The predicted octanol–water partition coefficient (Wildman–Crippen LogP) is 5.81. The molecule has 3 nitrogen and oxygen atoms in total. The molecule has 154 valence electrons. The second-order valence-electron chi connectivity index (χ2n) is 8.92. The van der Waals surface area contributed by atoms with Crippen molar-refractivity contribution < 1.29 is 9.47 Å². The molecule has 0 saturated carbocycles. The summed E-state index contributed by atoms with van der Waals surface area (Å²) in [6.45, 7) is 7.92.